The van der Waals surface area contributed by atoms with E-state index in [-0.39, 0.29) is 5.91 Å². The van der Waals surface area contributed by atoms with Crippen LogP contribution >= 0.6 is 0 Å². The Kier molecular flexibility index (Phi) is 4.39. The van der Waals surface area contributed by atoms with Crippen LogP contribution in [0.1, 0.15) is 16.2 Å². The van der Waals surface area contributed by atoms with Crippen molar-refractivity contribution < 1.29 is 9.63 Å². The lowest BCUT2D eigenvalue weighted by molar-refractivity contribution is -0.0760. The van der Waals surface area contributed by atoms with E-state index in [9.17, 15) is 4.79 Å². The number of nitrogens with zero attached hydrogens (tertiary/aromatic N) is 3. The smallest absolute Gasteiger partial charge is 0.295 e. The molecule has 0 atom stereocenters. The number of amides is 1. The second kappa shape index (κ2) is 5.58. The van der Waals surface area contributed by atoms with Crippen molar-refractivity contribution in [1.29, 1.82) is 0 Å². The van der Waals surface area contributed by atoms with E-state index < -0.39 is 0 Å². The van der Waals surface area contributed by atoms with Crippen LogP contribution < -0.4 is 0 Å². The molecule has 0 radical (unpaired) electrons. The number of pyridine rings is 1. The van der Waals surface area contributed by atoms with Crippen molar-refractivity contribution in [2.75, 3.05) is 28.3 Å². The van der Waals surface area contributed by atoms with E-state index in [0.717, 1.165) is 10.8 Å². The quantitative estimate of drug-likeness (QED) is 0.707. The van der Waals surface area contributed by atoms with E-state index >= 15 is 0 Å². The van der Waals surface area contributed by atoms with Gasteiger partial charge in [0, 0.05) is 13.6 Å². The van der Waals surface area contributed by atoms with Crippen molar-refractivity contribution in [2.45, 2.75) is 6.54 Å². The number of carbonyl (C=O) groups is 1. The zero-order valence-electron chi connectivity index (χ0n) is 10.1. The first kappa shape index (κ1) is 12.6. The molecule has 0 saturated carbocycles. The molecule has 0 spiro atoms. The van der Waals surface area contributed by atoms with Crippen molar-refractivity contribution in [3.05, 3.63) is 29.6 Å². The molecule has 0 bridgehead atoms. The maximum atomic E-state index is 11.7. The Bertz CT molecular complexity index is 366. The van der Waals surface area contributed by atoms with Gasteiger partial charge in [0.2, 0.25) is 0 Å². The summed E-state index contributed by atoms with van der Waals surface area (Å²) < 4.78 is 0. The van der Waals surface area contributed by atoms with Gasteiger partial charge in [-0.25, -0.2) is 10.0 Å². The fraction of sp³-hybridized carbons (Fsp3) is 0.455. The summed E-state index contributed by atoms with van der Waals surface area (Å²) >= 11 is 0. The summed E-state index contributed by atoms with van der Waals surface area (Å²) in [6, 6.07) is 5.39. The van der Waals surface area contributed by atoms with E-state index in [4.69, 9.17) is 4.84 Å². The zero-order chi connectivity index (χ0) is 12.1. The second-order valence-corrected chi connectivity index (χ2v) is 3.74. The highest BCUT2D eigenvalue weighted by Gasteiger charge is 2.13. The number of aromatic nitrogens is 1. The van der Waals surface area contributed by atoms with Gasteiger partial charge in [0.05, 0.1) is 12.8 Å². The van der Waals surface area contributed by atoms with Crippen LogP contribution in [0.3, 0.4) is 0 Å². The van der Waals surface area contributed by atoms with Crippen molar-refractivity contribution in [2.24, 2.45) is 0 Å². The third kappa shape index (κ3) is 3.29. The van der Waals surface area contributed by atoms with Crippen LogP contribution in [-0.2, 0) is 11.4 Å². The van der Waals surface area contributed by atoms with E-state index in [1.54, 1.807) is 13.1 Å². The maximum absolute atomic E-state index is 11.7. The molecule has 0 aliphatic heterocycles. The molecular formula is C11H17N3O2. The Morgan fingerprint density at radius 2 is 2.06 bits per heavy atom. The van der Waals surface area contributed by atoms with Gasteiger partial charge in [-0.1, -0.05) is 6.07 Å². The van der Waals surface area contributed by atoms with E-state index in [1.807, 2.05) is 31.1 Å². The van der Waals surface area contributed by atoms with Gasteiger partial charge < -0.3 is 4.90 Å². The molecule has 1 aromatic rings. The van der Waals surface area contributed by atoms with E-state index in [1.165, 1.54) is 7.11 Å². The standard InChI is InChI=1S/C11H17N3O2/c1-13(2)8-9-6-5-7-10(12-9)11(15)14(3)16-4/h5-7H,8H2,1-4H3. The van der Waals surface area contributed by atoms with Crippen LogP contribution in [0.15, 0.2) is 18.2 Å². The van der Waals surface area contributed by atoms with Gasteiger partial charge >= 0.3 is 0 Å². The van der Waals surface area contributed by atoms with Crippen molar-refractivity contribution in [3.8, 4) is 0 Å². The Balaban J connectivity index is 2.85. The summed E-state index contributed by atoms with van der Waals surface area (Å²) in [5.74, 6) is -0.247. The first-order chi connectivity index (χ1) is 7.54. The predicted molar refractivity (Wildman–Crippen MR) is 60.7 cm³/mol. The molecule has 0 aliphatic rings. The summed E-state index contributed by atoms with van der Waals surface area (Å²) in [5, 5.41) is 1.15. The Hall–Kier alpha value is -1.46. The van der Waals surface area contributed by atoms with Crippen LogP contribution in [0, 0.1) is 0 Å². The summed E-state index contributed by atoms with van der Waals surface area (Å²) in [6.07, 6.45) is 0. The fourth-order valence-electron chi connectivity index (χ4n) is 1.25. The number of rotatable bonds is 4. The first-order valence-electron chi connectivity index (χ1n) is 4.97. The summed E-state index contributed by atoms with van der Waals surface area (Å²) in [4.78, 5) is 22.8. The van der Waals surface area contributed by atoms with Gasteiger partial charge in [0.1, 0.15) is 5.69 Å². The highest BCUT2D eigenvalue weighted by atomic mass is 16.7. The van der Waals surface area contributed by atoms with Gasteiger partial charge in [0.25, 0.3) is 5.91 Å². The van der Waals surface area contributed by atoms with Gasteiger partial charge in [-0.05, 0) is 26.2 Å². The molecule has 16 heavy (non-hydrogen) atoms. The van der Waals surface area contributed by atoms with Gasteiger partial charge in [-0.3, -0.25) is 9.63 Å². The van der Waals surface area contributed by atoms with Crippen LogP contribution in [0.2, 0.25) is 0 Å². The molecule has 1 aromatic heterocycles. The van der Waals surface area contributed by atoms with Crippen LogP contribution in [0.25, 0.3) is 0 Å². The summed E-state index contributed by atoms with van der Waals surface area (Å²) in [6.45, 7) is 0.706. The lowest BCUT2D eigenvalue weighted by Crippen LogP contribution is -2.26. The molecule has 1 amide bonds. The minimum absolute atomic E-state index is 0.247. The molecule has 0 fully saturated rings. The molecule has 88 valence electrons. The summed E-state index contributed by atoms with van der Waals surface area (Å²) in [7, 11) is 6.92. The Morgan fingerprint density at radius 1 is 1.38 bits per heavy atom. The van der Waals surface area contributed by atoms with Crippen molar-refractivity contribution >= 4 is 5.91 Å². The minimum atomic E-state index is -0.247. The lowest BCUT2D eigenvalue weighted by Gasteiger charge is -2.14. The average Bonchev–Trinajstić information content (AvgIpc) is 2.26. The second-order valence-electron chi connectivity index (χ2n) is 3.74. The molecule has 0 saturated heterocycles. The van der Waals surface area contributed by atoms with Crippen molar-refractivity contribution in [1.82, 2.24) is 14.9 Å². The fourth-order valence-corrected chi connectivity index (χ4v) is 1.25. The molecular weight excluding hydrogens is 206 g/mol. The average molecular weight is 223 g/mol. The number of carbonyl (C=O) groups excluding carboxylic acids is 1. The van der Waals surface area contributed by atoms with Crippen LogP contribution in [0.4, 0.5) is 0 Å². The Labute approximate surface area is 95.6 Å². The topological polar surface area (TPSA) is 45.7 Å². The van der Waals surface area contributed by atoms with Crippen LogP contribution in [0.5, 0.6) is 0 Å². The van der Waals surface area contributed by atoms with E-state index in [0.29, 0.717) is 12.2 Å². The number of hydrogen-bond acceptors (Lipinski definition) is 4. The number of hydroxylamine groups is 2. The van der Waals surface area contributed by atoms with Crippen molar-refractivity contribution in [3.63, 3.8) is 0 Å². The van der Waals surface area contributed by atoms with Crippen LogP contribution in [-0.4, -0.2) is 49.1 Å². The monoisotopic (exact) mass is 223 g/mol. The first-order valence-corrected chi connectivity index (χ1v) is 4.97. The SMILES string of the molecule is CON(C)C(=O)c1cccc(CN(C)C)n1. The highest BCUT2D eigenvalue weighted by molar-refractivity contribution is 5.91. The predicted octanol–water partition coefficient (Wildman–Crippen LogP) is 0.777. The zero-order valence-corrected chi connectivity index (χ0v) is 10.1. The highest BCUT2D eigenvalue weighted by Crippen LogP contribution is 2.04. The lowest BCUT2D eigenvalue weighted by atomic mass is 10.3. The summed E-state index contributed by atoms with van der Waals surface area (Å²) in [5.41, 5.74) is 1.25. The van der Waals surface area contributed by atoms with Gasteiger partial charge in [0.15, 0.2) is 0 Å². The molecule has 5 heteroatoms. The molecule has 0 aliphatic carbocycles. The minimum Gasteiger partial charge on any atom is -0.304 e. The van der Waals surface area contributed by atoms with E-state index in [2.05, 4.69) is 4.98 Å². The molecule has 5 nitrogen and oxygen atoms in total. The normalized spacial score (nSPS) is 10.6. The molecule has 1 heterocycles. The van der Waals surface area contributed by atoms with Gasteiger partial charge in [-0.15, -0.1) is 0 Å². The Morgan fingerprint density at radius 3 is 2.62 bits per heavy atom. The number of hydrogen-bond donors (Lipinski definition) is 0. The molecule has 1 rings (SSSR count). The van der Waals surface area contributed by atoms with Gasteiger partial charge in [-0.2, -0.15) is 0 Å². The molecule has 0 aromatic carbocycles. The largest absolute Gasteiger partial charge is 0.304 e. The molecule has 0 unspecified atom stereocenters. The third-order valence-corrected chi connectivity index (χ3v) is 2.06. The molecule has 0 N–H and O–H groups in total. The third-order valence-electron chi connectivity index (χ3n) is 2.06. The maximum Gasteiger partial charge on any atom is 0.295 e.